The Hall–Kier alpha value is -2.99. The second-order valence-electron chi connectivity index (χ2n) is 8.50. The van der Waals surface area contributed by atoms with Gasteiger partial charge in [0.25, 0.3) is 5.91 Å². The van der Waals surface area contributed by atoms with Gasteiger partial charge in [0.2, 0.25) is 0 Å². The first kappa shape index (κ1) is 20.3. The molecule has 156 valence electrons. The average molecular weight is 405 g/mol. The molecule has 6 nitrogen and oxygen atoms in total. The minimum absolute atomic E-state index is 0.230. The maximum atomic E-state index is 13.3. The summed E-state index contributed by atoms with van der Waals surface area (Å²) in [7, 11) is 0. The molecule has 1 aliphatic heterocycles. The van der Waals surface area contributed by atoms with Crippen molar-refractivity contribution in [2.45, 2.75) is 52.3 Å². The van der Waals surface area contributed by atoms with Gasteiger partial charge in [-0.15, -0.1) is 0 Å². The number of imidazole rings is 1. The zero-order valence-corrected chi connectivity index (χ0v) is 17.6. The number of aryl methyl sites for hydroxylation is 1. The van der Waals surface area contributed by atoms with Crippen LogP contribution in [0.1, 0.15) is 45.0 Å². The average Bonchev–Trinajstić information content (AvgIpc) is 3.15. The lowest BCUT2D eigenvalue weighted by molar-refractivity contribution is -0.141. The lowest BCUT2D eigenvalue weighted by Gasteiger charge is -2.22. The maximum Gasteiger partial charge on any atom is 0.264 e. The second kappa shape index (κ2) is 7.69. The van der Waals surface area contributed by atoms with Crippen LogP contribution in [0.2, 0.25) is 0 Å². The molecular formula is C24H27N3O3. The summed E-state index contributed by atoms with van der Waals surface area (Å²) in [4.78, 5) is 31.5. The van der Waals surface area contributed by atoms with Crippen molar-refractivity contribution in [3.63, 3.8) is 0 Å². The Labute approximate surface area is 176 Å². The number of para-hydroxylation sites is 3. The third-order valence-corrected chi connectivity index (χ3v) is 5.71. The Balaban J connectivity index is 1.76. The quantitative estimate of drug-likeness (QED) is 0.649. The highest BCUT2D eigenvalue weighted by Crippen LogP contribution is 2.43. The fraction of sp³-hybridized carbons (Fsp3) is 0.375. The topological polar surface area (TPSA) is 75.4 Å². The highest BCUT2D eigenvalue weighted by molar-refractivity contribution is 6.08. The van der Waals surface area contributed by atoms with Crippen molar-refractivity contribution < 1.29 is 14.7 Å². The molecule has 0 saturated heterocycles. The molecule has 0 spiro atoms. The van der Waals surface area contributed by atoms with E-state index in [1.165, 1.54) is 6.92 Å². The van der Waals surface area contributed by atoms with Gasteiger partial charge in [-0.1, -0.05) is 44.2 Å². The summed E-state index contributed by atoms with van der Waals surface area (Å²) in [6.07, 6.45) is 0.759. The van der Waals surface area contributed by atoms with E-state index >= 15 is 0 Å². The van der Waals surface area contributed by atoms with Crippen molar-refractivity contribution in [3.8, 4) is 0 Å². The van der Waals surface area contributed by atoms with Crippen LogP contribution in [0.5, 0.6) is 0 Å². The Morgan fingerprint density at radius 3 is 2.57 bits per heavy atom. The summed E-state index contributed by atoms with van der Waals surface area (Å²) >= 11 is 0. The molecule has 4 rings (SSSR count). The number of aliphatic hydroxyl groups is 1. The van der Waals surface area contributed by atoms with Gasteiger partial charge in [-0.05, 0) is 37.5 Å². The Bertz CT molecular complexity index is 1120. The molecule has 3 aromatic rings. The van der Waals surface area contributed by atoms with Crippen molar-refractivity contribution in [1.29, 1.82) is 0 Å². The minimum Gasteiger partial charge on any atom is -0.375 e. The van der Waals surface area contributed by atoms with Gasteiger partial charge in [-0.25, -0.2) is 4.98 Å². The van der Waals surface area contributed by atoms with Gasteiger partial charge >= 0.3 is 0 Å². The minimum atomic E-state index is -1.82. The van der Waals surface area contributed by atoms with E-state index in [9.17, 15) is 14.7 Å². The Morgan fingerprint density at radius 2 is 1.83 bits per heavy atom. The van der Waals surface area contributed by atoms with E-state index in [0.29, 0.717) is 17.2 Å². The van der Waals surface area contributed by atoms with E-state index in [0.717, 1.165) is 29.8 Å². The maximum absolute atomic E-state index is 13.3. The summed E-state index contributed by atoms with van der Waals surface area (Å²) in [5, 5.41) is 11.2. The van der Waals surface area contributed by atoms with Crippen molar-refractivity contribution in [2.75, 3.05) is 4.90 Å². The van der Waals surface area contributed by atoms with Crippen LogP contribution in [0, 0.1) is 5.92 Å². The number of nitrogens with zero attached hydrogens (tertiary/aromatic N) is 3. The van der Waals surface area contributed by atoms with Gasteiger partial charge < -0.3 is 14.6 Å². The largest absolute Gasteiger partial charge is 0.375 e. The summed E-state index contributed by atoms with van der Waals surface area (Å²) in [5.41, 5.74) is 1.21. The third kappa shape index (κ3) is 3.41. The van der Waals surface area contributed by atoms with E-state index in [2.05, 4.69) is 18.4 Å². The monoisotopic (exact) mass is 405 g/mol. The highest BCUT2D eigenvalue weighted by Gasteiger charge is 2.50. The lowest BCUT2D eigenvalue weighted by atomic mass is 9.90. The Kier molecular flexibility index (Phi) is 5.20. The normalized spacial score (nSPS) is 18.4. The molecule has 2 heterocycles. The fourth-order valence-electron chi connectivity index (χ4n) is 4.22. The molecule has 0 saturated carbocycles. The van der Waals surface area contributed by atoms with Crippen molar-refractivity contribution in [3.05, 3.63) is 59.9 Å². The number of fused-ring (bicyclic) bond motifs is 2. The number of carbonyl (C=O) groups excluding carboxylic acids is 2. The van der Waals surface area contributed by atoms with Crippen LogP contribution >= 0.6 is 0 Å². The number of carbonyl (C=O) groups is 2. The van der Waals surface area contributed by atoms with Gasteiger partial charge in [-0.2, -0.15) is 0 Å². The summed E-state index contributed by atoms with van der Waals surface area (Å²) in [5.74, 6) is 0.605. The highest BCUT2D eigenvalue weighted by atomic mass is 16.3. The molecule has 0 radical (unpaired) electrons. The fourth-order valence-corrected chi connectivity index (χ4v) is 4.22. The van der Waals surface area contributed by atoms with Crippen LogP contribution in [0.3, 0.4) is 0 Å². The molecule has 2 aromatic carbocycles. The molecule has 0 aliphatic carbocycles. The van der Waals surface area contributed by atoms with Gasteiger partial charge in [0.05, 0.1) is 23.3 Å². The number of rotatable bonds is 7. The smallest absolute Gasteiger partial charge is 0.264 e. The van der Waals surface area contributed by atoms with E-state index in [1.54, 1.807) is 17.0 Å². The first-order chi connectivity index (χ1) is 14.3. The number of anilines is 1. The number of hydrogen-bond donors (Lipinski definition) is 1. The van der Waals surface area contributed by atoms with Crippen molar-refractivity contribution in [1.82, 2.24) is 9.55 Å². The zero-order chi connectivity index (χ0) is 21.5. The molecule has 1 atom stereocenters. The van der Waals surface area contributed by atoms with Crippen LogP contribution in [-0.2, 0) is 28.3 Å². The molecule has 1 N–H and O–H groups in total. The van der Waals surface area contributed by atoms with E-state index < -0.39 is 11.5 Å². The predicted octanol–water partition coefficient (Wildman–Crippen LogP) is 3.80. The lowest BCUT2D eigenvalue weighted by Crippen LogP contribution is -2.41. The van der Waals surface area contributed by atoms with Crippen molar-refractivity contribution >= 4 is 28.4 Å². The molecule has 1 aromatic heterocycles. The third-order valence-electron chi connectivity index (χ3n) is 5.71. The molecular weight excluding hydrogens is 378 g/mol. The molecule has 0 fully saturated rings. The first-order valence-electron chi connectivity index (χ1n) is 10.4. The number of benzene rings is 2. The van der Waals surface area contributed by atoms with E-state index in [1.807, 2.05) is 36.4 Å². The van der Waals surface area contributed by atoms with Gasteiger partial charge in [0.1, 0.15) is 11.6 Å². The molecule has 1 amide bonds. The first-order valence-corrected chi connectivity index (χ1v) is 10.4. The molecule has 1 aliphatic rings. The Morgan fingerprint density at radius 1 is 1.13 bits per heavy atom. The second-order valence-corrected chi connectivity index (χ2v) is 8.50. The van der Waals surface area contributed by atoms with E-state index in [4.69, 9.17) is 4.98 Å². The standard InChI is InChI=1S/C24H27N3O3/c1-16(2)12-13-26-21-11-7-5-9-19(21)25-22(26)15-27-20-10-6-4-8-18(20)24(30,23(27)29)14-17(3)28/h4-11,16,30H,12-15H2,1-3H3. The zero-order valence-electron chi connectivity index (χ0n) is 17.6. The summed E-state index contributed by atoms with van der Waals surface area (Å²) < 4.78 is 2.16. The predicted molar refractivity (Wildman–Crippen MR) is 116 cm³/mol. The van der Waals surface area contributed by atoms with Crippen LogP contribution in [0.25, 0.3) is 11.0 Å². The molecule has 0 bridgehead atoms. The number of hydrogen-bond acceptors (Lipinski definition) is 4. The molecule has 1 unspecified atom stereocenters. The van der Waals surface area contributed by atoms with Crippen LogP contribution in [-0.4, -0.2) is 26.3 Å². The van der Waals surface area contributed by atoms with Crippen LogP contribution in [0.4, 0.5) is 5.69 Å². The number of Topliss-reactive ketones (excluding diaryl/α,β-unsaturated/α-hetero) is 1. The van der Waals surface area contributed by atoms with Crippen LogP contribution < -0.4 is 4.90 Å². The summed E-state index contributed by atoms with van der Waals surface area (Å²) in [6.45, 7) is 6.79. The number of amides is 1. The number of ketones is 1. The van der Waals surface area contributed by atoms with Gasteiger partial charge in [0, 0.05) is 18.5 Å². The van der Waals surface area contributed by atoms with Gasteiger partial charge in [0.15, 0.2) is 5.60 Å². The number of aromatic nitrogens is 2. The van der Waals surface area contributed by atoms with E-state index in [-0.39, 0.29) is 18.7 Å². The SMILES string of the molecule is CC(=O)CC1(O)C(=O)N(Cc2nc3ccccc3n2CCC(C)C)c2ccccc21. The molecule has 30 heavy (non-hydrogen) atoms. The summed E-state index contributed by atoms with van der Waals surface area (Å²) in [6, 6.07) is 15.1. The van der Waals surface area contributed by atoms with Crippen LogP contribution in [0.15, 0.2) is 48.5 Å². The van der Waals surface area contributed by atoms with Crippen molar-refractivity contribution in [2.24, 2.45) is 5.92 Å². The van der Waals surface area contributed by atoms with Gasteiger partial charge in [-0.3, -0.25) is 9.59 Å². The molecule has 6 heteroatoms.